The van der Waals surface area contributed by atoms with Gasteiger partial charge in [-0.05, 0) is 37.0 Å². The third-order valence-corrected chi connectivity index (χ3v) is 4.66. The summed E-state index contributed by atoms with van der Waals surface area (Å²) in [5.74, 6) is 0.896. The van der Waals surface area contributed by atoms with Crippen molar-refractivity contribution in [3.8, 4) is 5.75 Å². The zero-order valence-corrected chi connectivity index (χ0v) is 11.9. The second kappa shape index (κ2) is 5.31. The second-order valence-electron chi connectivity index (χ2n) is 5.01. The smallest absolute Gasteiger partial charge is 0.118 e. The molecule has 0 fully saturated rings. The SMILES string of the molecule is COc1ccc(Cc2nc3c(s2)CC(N)CC3)cc1. The number of methoxy groups -OCH3 is 1. The third-order valence-electron chi connectivity index (χ3n) is 3.54. The highest BCUT2D eigenvalue weighted by Crippen LogP contribution is 2.27. The summed E-state index contributed by atoms with van der Waals surface area (Å²) in [6, 6.07) is 8.52. The van der Waals surface area contributed by atoms with Gasteiger partial charge in [-0.2, -0.15) is 0 Å². The molecule has 1 aliphatic carbocycles. The van der Waals surface area contributed by atoms with Gasteiger partial charge < -0.3 is 10.5 Å². The minimum Gasteiger partial charge on any atom is -0.497 e. The highest BCUT2D eigenvalue weighted by atomic mass is 32.1. The molecule has 1 aromatic heterocycles. The predicted octanol–water partition coefficient (Wildman–Crippen LogP) is 2.56. The Labute approximate surface area is 117 Å². The Hall–Kier alpha value is -1.39. The lowest BCUT2D eigenvalue weighted by molar-refractivity contribution is 0.414. The monoisotopic (exact) mass is 274 g/mol. The first kappa shape index (κ1) is 12.6. The first-order valence-corrected chi connectivity index (χ1v) is 7.42. The molecule has 0 bridgehead atoms. The molecule has 1 aromatic carbocycles. The fourth-order valence-corrected chi connectivity index (χ4v) is 3.69. The zero-order valence-electron chi connectivity index (χ0n) is 11.1. The number of thiazole rings is 1. The van der Waals surface area contributed by atoms with Gasteiger partial charge in [0.05, 0.1) is 17.8 Å². The van der Waals surface area contributed by atoms with Gasteiger partial charge in [-0.15, -0.1) is 11.3 Å². The molecule has 1 heterocycles. The average Bonchev–Trinajstić information content (AvgIpc) is 2.81. The zero-order chi connectivity index (χ0) is 13.2. The van der Waals surface area contributed by atoms with Crippen LogP contribution in [0.3, 0.4) is 0 Å². The number of aromatic nitrogens is 1. The van der Waals surface area contributed by atoms with Crippen LogP contribution in [0.5, 0.6) is 5.75 Å². The summed E-state index contributed by atoms with van der Waals surface area (Å²) in [6.45, 7) is 0. The summed E-state index contributed by atoms with van der Waals surface area (Å²) in [5.41, 5.74) is 8.56. The Morgan fingerprint density at radius 2 is 2.16 bits per heavy atom. The highest BCUT2D eigenvalue weighted by Gasteiger charge is 2.19. The fourth-order valence-electron chi connectivity index (χ4n) is 2.45. The number of nitrogens with zero attached hydrogens (tertiary/aromatic N) is 1. The molecule has 4 heteroatoms. The van der Waals surface area contributed by atoms with Crippen LogP contribution in [0, 0.1) is 0 Å². The van der Waals surface area contributed by atoms with Crippen molar-refractivity contribution in [2.45, 2.75) is 31.7 Å². The molecule has 3 nitrogen and oxygen atoms in total. The molecule has 0 radical (unpaired) electrons. The van der Waals surface area contributed by atoms with E-state index in [-0.39, 0.29) is 0 Å². The summed E-state index contributed by atoms with van der Waals surface area (Å²) < 4.78 is 5.17. The van der Waals surface area contributed by atoms with Gasteiger partial charge in [0.1, 0.15) is 5.75 Å². The van der Waals surface area contributed by atoms with E-state index in [0.717, 1.165) is 31.4 Å². The second-order valence-corrected chi connectivity index (χ2v) is 6.17. The van der Waals surface area contributed by atoms with Gasteiger partial charge in [0.2, 0.25) is 0 Å². The first-order valence-electron chi connectivity index (χ1n) is 6.60. The molecule has 1 unspecified atom stereocenters. The van der Waals surface area contributed by atoms with Crippen molar-refractivity contribution in [2.75, 3.05) is 7.11 Å². The minimum atomic E-state index is 0.321. The molecule has 0 amide bonds. The summed E-state index contributed by atoms with van der Waals surface area (Å²) >= 11 is 1.82. The van der Waals surface area contributed by atoms with Gasteiger partial charge in [0.15, 0.2) is 0 Å². The number of ether oxygens (including phenoxy) is 1. The number of fused-ring (bicyclic) bond motifs is 1. The van der Waals surface area contributed by atoms with Crippen molar-refractivity contribution in [1.82, 2.24) is 4.98 Å². The summed E-state index contributed by atoms with van der Waals surface area (Å²) in [6.07, 6.45) is 4.00. The van der Waals surface area contributed by atoms with Gasteiger partial charge in [0.25, 0.3) is 0 Å². The lowest BCUT2D eigenvalue weighted by Gasteiger charge is -2.15. The van der Waals surface area contributed by atoms with E-state index < -0.39 is 0 Å². The lowest BCUT2D eigenvalue weighted by Crippen LogP contribution is -2.26. The van der Waals surface area contributed by atoms with Crippen LogP contribution in [0.15, 0.2) is 24.3 Å². The quantitative estimate of drug-likeness (QED) is 0.935. The average molecular weight is 274 g/mol. The first-order chi connectivity index (χ1) is 9.24. The Morgan fingerprint density at radius 1 is 1.37 bits per heavy atom. The van der Waals surface area contributed by atoms with E-state index in [1.165, 1.54) is 21.1 Å². The molecule has 1 aliphatic rings. The van der Waals surface area contributed by atoms with Crippen LogP contribution in [-0.4, -0.2) is 18.1 Å². The van der Waals surface area contributed by atoms with E-state index in [4.69, 9.17) is 15.5 Å². The van der Waals surface area contributed by atoms with Crippen molar-refractivity contribution in [3.63, 3.8) is 0 Å². The number of hydrogen-bond donors (Lipinski definition) is 1. The van der Waals surface area contributed by atoms with Gasteiger partial charge in [-0.25, -0.2) is 4.98 Å². The van der Waals surface area contributed by atoms with Crippen LogP contribution in [-0.2, 0) is 19.3 Å². The lowest BCUT2D eigenvalue weighted by atomic mass is 9.99. The number of benzene rings is 1. The normalized spacial score (nSPS) is 18.1. The molecular weight excluding hydrogens is 256 g/mol. The van der Waals surface area contributed by atoms with Gasteiger partial charge in [-0.3, -0.25) is 0 Å². The van der Waals surface area contributed by atoms with Crippen molar-refractivity contribution in [1.29, 1.82) is 0 Å². The van der Waals surface area contributed by atoms with Crippen molar-refractivity contribution in [2.24, 2.45) is 5.73 Å². The van der Waals surface area contributed by atoms with Crippen molar-refractivity contribution in [3.05, 3.63) is 45.4 Å². The Bertz CT molecular complexity index is 562. The van der Waals surface area contributed by atoms with Crippen LogP contribution < -0.4 is 10.5 Å². The molecule has 3 rings (SSSR count). The summed E-state index contributed by atoms with van der Waals surface area (Å²) in [4.78, 5) is 6.15. The van der Waals surface area contributed by atoms with Crippen LogP contribution in [0.25, 0.3) is 0 Å². The topological polar surface area (TPSA) is 48.1 Å². The molecule has 0 saturated carbocycles. The molecule has 2 aromatic rings. The number of nitrogens with two attached hydrogens (primary N) is 1. The van der Waals surface area contributed by atoms with Crippen molar-refractivity contribution < 1.29 is 4.74 Å². The Balaban J connectivity index is 1.76. The molecule has 0 spiro atoms. The van der Waals surface area contributed by atoms with E-state index >= 15 is 0 Å². The standard InChI is InChI=1S/C15H18N2OS/c1-18-12-5-2-10(3-6-12)8-15-17-13-7-4-11(16)9-14(13)19-15/h2-3,5-6,11H,4,7-9,16H2,1H3. The Kier molecular flexibility index (Phi) is 3.53. The van der Waals surface area contributed by atoms with Crippen LogP contribution in [0.2, 0.25) is 0 Å². The van der Waals surface area contributed by atoms with Gasteiger partial charge >= 0.3 is 0 Å². The maximum atomic E-state index is 6.01. The number of hydrogen-bond acceptors (Lipinski definition) is 4. The Morgan fingerprint density at radius 3 is 2.89 bits per heavy atom. The summed E-state index contributed by atoms with van der Waals surface area (Å²) in [7, 11) is 1.69. The molecule has 0 saturated heterocycles. The summed E-state index contributed by atoms with van der Waals surface area (Å²) in [5, 5.41) is 1.20. The molecule has 2 N–H and O–H groups in total. The van der Waals surface area contributed by atoms with E-state index in [9.17, 15) is 0 Å². The molecule has 0 aliphatic heterocycles. The molecule has 100 valence electrons. The van der Waals surface area contributed by atoms with Crippen molar-refractivity contribution >= 4 is 11.3 Å². The minimum absolute atomic E-state index is 0.321. The van der Waals surface area contributed by atoms with Gasteiger partial charge in [-0.1, -0.05) is 12.1 Å². The predicted molar refractivity (Wildman–Crippen MR) is 77.9 cm³/mol. The fraction of sp³-hybridized carbons (Fsp3) is 0.400. The molecule has 1 atom stereocenters. The van der Waals surface area contributed by atoms with E-state index in [2.05, 4.69) is 12.1 Å². The highest BCUT2D eigenvalue weighted by molar-refractivity contribution is 7.11. The maximum Gasteiger partial charge on any atom is 0.118 e. The maximum absolute atomic E-state index is 6.01. The van der Waals surface area contributed by atoms with Crippen LogP contribution >= 0.6 is 11.3 Å². The largest absolute Gasteiger partial charge is 0.497 e. The van der Waals surface area contributed by atoms with Gasteiger partial charge in [0, 0.05) is 17.3 Å². The van der Waals surface area contributed by atoms with Crippen LogP contribution in [0.1, 0.15) is 27.6 Å². The molecular formula is C15H18N2OS. The van der Waals surface area contributed by atoms with E-state index in [0.29, 0.717) is 6.04 Å². The molecule has 19 heavy (non-hydrogen) atoms. The number of rotatable bonds is 3. The van der Waals surface area contributed by atoms with E-state index in [1.807, 2.05) is 23.5 Å². The van der Waals surface area contributed by atoms with E-state index in [1.54, 1.807) is 7.11 Å². The van der Waals surface area contributed by atoms with Crippen LogP contribution in [0.4, 0.5) is 0 Å². The number of aryl methyl sites for hydroxylation is 1. The third kappa shape index (κ3) is 2.80.